The third-order valence-electron chi connectivity index (χ3n) is 5.43. The van der Waals surface area contributed by atoms with Crippen LogP contribution in [0.5, 0.6) is 5.75 Å². The van der Waals surface area contributed by atoms with Crippen LogP contribution in [0.15, 0.2) is 64.7 Å². The van der Waals surface area contributed by atoms with Crippen LogP contribution >= 0.6 is 0 Å². The van der Waals surface area contributed by atoms with Crippen molar-refractivity contribution in [2.45, 2.75) is 26.4 Å². The van der Waals surface area contributed by atoms with Gasteiger partial charge in [-0.05, 0) is 43.7 Å². The van der Waals surface area contributed by atoms with Gasteiger partial charge in [-0.1, -0.05) is 18.7 Å². The molecular weight excluding hydrogens is 493 g/mol. The molecule has 4 heterocycles. The highest BCUT2D eigenvalue weighted by atomic mass is 19.1. The largest absolute Gasteiger partial charge is 0.494 e. The molecule has 5 rings (SSSR count). The highest BCUT2D eigenvalue weighted by Gasteiger charge is 2.33. The topological polar surface area (TPSA) is 126 Å². The summed E-state index contributed by atoms with van der Waals surface area (Å²) in [4.78, 5) is 43.5. The molecule has 0 bridgehead atoms. The van der Waals surface area contributed by atoms with Crippen molar-refractivity contribution in [1.82, 2.24) is 20.5 Å². The number of halogens is 1. The van der Waals surface area contributed by atoms with Gasteiger partial charge in [0.05, 0.1) is 12.7 Å². The van der Waals surface area contributed by atoms with Crippen molar-refractivity contribution in [3.05, 3.63) is 83.7 Å². The number of aryl methyl sites for hydroxylation is 1. The number of aromatic nitrogens is 1. The van der Waals surface area contributed by atoms with Gasteiger partial charge < -0.3 is 19.4 Å². The maximum Gasteiger partial charge on any atom is 0.322 e. The van der Waals surface area contributed by atoms with Crippen LogP contribution in [0.2, 0.25) is 0 Å². The van der Waals surface area contributed by atoms with Gasteiger partial charge in [0.15, 0.2) is 23.2 Å². The van der Waals surface area contributed by atoms with Crippen LogP contribution in [0, 0.1) is 12.7 Å². The van der Waals surface area contributed by atoms with Crippen molar-refractivity contribution in [2.75, 3.05) is 14.2 Å². The molecule has 1 fully saturated rings. The van der Waals surface area contributed by atoms with Crippen molar-refractivity contribution >= 4 is 35.2 Å². The first kappa shape index (κ1) is 27.8. The molecule has 11 heteroatoms. The SMILES string of the molecule is C=C/C=C\N=CC.COc1ccc2c(c1F)C(=O)N(C)C2.Cc1ccc2oc(C3NC(=O)NC3=O)cc2n1. The molecule has 3 aromatic rings. The quantitative estimate of drug-likeness (QED) is 0.301. The molecule has 2 aliphatic heterocycles. The summed E-state index contributed by atoms with van der Waals surface area (Å²) in [7, 11) is 3.03. The molecule has 2 aliphatic rings. The van der Waals surface area contributed by atoms with Crippen LogP contribution < -0.4 is 15.4 Å². The highest BCUT2D eigenvalue weighted by Crippen LogP contribution is 2.29. The van der Waals surface area contributed by atoms with Crippen LogP contribution in [0.3, 0.4) is 0 Å². The van der Waals surface area contributed by atoms with Crippen LogP contribution in [0.25, 0.3) is 11.1 Å². The lowest BCUT2D eigenvalue weighted by atomic mass is 10.1. The van der Waals surface area contributed by atoms with Crippen molar-refractivity contribution in [2.24, 2.45) is 4.99 Å². The first-order valence-electron chi connectivity index (χ1n) is 11.5. The molecule has 2 aromatic heterocycles. The number of carbonyl (C=O) groups is 3. The number of nitrogens with zero attached hydrogens (tertiary/aromatic N) is 3. The Morgan fingerprint density at radius 3 is 2.66 bits per heavy atom. The van der Waals surface area contributed by atoms with E-state index < -0.39 is 23.8 Å². The van der Waals surface area contributed by atoms with Gasteiger partial charge in [0.25, 0.3) is 11.8 Å². The van der Waals surface area contributed by atoms with Crippen LogP contribution in [-0.4, -0.2) is 48.1 Å². The van der Waals surface area contributed by atoms with Crippen LogP contribution in [0.1, 0.15) is 40.3 Å². The molecule has 10 nitrogen and oxygen atoms in total. The average Bonchev–Trinajstić information content (AvgIpc) is 3.54. The second kappa shape index (κ2) is 12.4. The minimum absolute atomic E-state index is 0.118. The summed E-state index contributed by atoms with van der Waals surface area (Å²) in [6.07, 6.45) is 6.88. The number of aliphatic imine (C=N–C) groups is 1. The fourth-order valence-electron chi connectivity index (χ4n) is 3.64. The monoisotopic (exact) mass is 521 g/mol. The summed E-state index contributed by atoms with van der Waals surface area (Å²) < 4.78 is 23.9. The van der Waals surface area contributed by atoms with E-state index in [0.29, 0.717) is 23.4 Å². The molecule has 4 amide bonds. The second-order valence-electron chi connectivity index (χ2n) is 8.14. The van der Waals surface area contributed by atoms with Gasteiger partial charge in [-0.15, -0.1) is 0 Å². The van der Waals surface area contributed by atoms with Gasteiger partial charge in [0.2, 0.25) is 0 Å². The van der Waals surface area contributed by atoms with E-state index in [-0.39, 0.29) is 17.2 Å². The molecule has 38 heavy (non-hydrogen) atoms. The number of rotatable bonds is 4. The van der Waals surface area contributed by atoms with Gasteiger partial charge in [-0.25, -0.2) is 14.2 Å². The highest BCUT2D eigenvalue weighted by molar-refractivity contribution is 6.04. The Hall–Kier alpha value is -4.80. The van der Waals surface area contributed by atoms with E-state index in [1.165, 1.54) is 12.0 Å². The maximum atomic E-state index is 13.6. The summed E-state index contributed by atoms with van der Waals surface area (Å²) in [5.74, 6) is -0.740. The lowest BCUT2D eigenvalue weighted by Crippen LogP contribution is -2.22. The number of allylic oxidation sites excluding steroid dienone is 2. The van der Waals surface area contributed by atoms with E-state index in [0.717, 1.165) is 11.3 Å². The first-order chi connectivity index (χ1) is 18.2. The Labute approximate surface area is 218 Å². The third kappa shape index (κ3) is 6.30. The Morgan fingerprint density at radius 1 is 1.26 bits per heavy atom. The Kier molecular flexibility index (Phi) is 9.09. The summed E-state index contributed by atoms with van der Waals surface area (Å²) >= 11 is 0. The van der Waals surface area contributed by atoms with Crippen LogP contribution in [-0.2, 0) is 11.3 Å². The molecule has 198 valence electrons. The average molecular weight is 522 g/mol. The van der Waals surface area contributed by atoms with Crippen molar-refractivity contribution in [3.63, 3.8) is 0 Å². The Bertz CT molecular complexity index is 1430. The van der Waals surface area contributed by atoms with Crippen molar-refractivity contribution in [3.8, 4) is 5.75 Å². The summed E-state index contributed by atoms with van der Waals surface area (Å²) in [5, 5.41) is 4.63. The van der Waals surface area contributed by atoms with E-state index >= 15 is 0 Å². The van der Waals surface area contributed by atoms with Crippen LogP contribution in [0.4, 0.5) is 9.18 Å². The third-order valence-corrected chi connectivity index (χ3v) is 5.43. The molecule has 1 unspecified atom stereocenters. The minimum atomic E-state index is -0.767. The molecule has 0 radical (unpaired) electrons. The molecule has 0 spiro atoms. The van der Waals surface area contributed by atoms with Crippen molar-refractivity contribution in [1.29, 1.82) is 0 Å². The number of hydrogen-bond donors (Lipinski definition) is 2. The zero-order valence-corrected chi connectivity index (χ0v) is 21.4. The maximum absolute atomic E-state index is 13.6. The van der Waals surface area contributed by atoms with E-state index in [2.05, 4.69) is 27.2 Å². The first-order valence-corrected chi connectivity index (χ1v) is 11.5. The molecular formula is C27H28FN5O5. The number of carbonyl (C=O) groups excluding carboxylic acids is 3. The lowest BCUT2D eigenvalue weighted by Gasteiger charge is -2.05. The summed E-state index contributed by atoms with van der Waals surface area (Å²) in [5.41, 5.74) is 3.00. The number of imide groups is 1. The summed E-state index contributed by atoms with van der Waals surface area (Å²) in [6.45, 7) is 7.68. The van der Waals surface area contributed by atoms with Gasteiger partial charge in [0, 0.05) is 37.8 Å². The number of fused-ring (bicyclic) bond motifs is 2. The molecule has 1 atom stereocenters. The number of amides is 4. The fraction of sp³-hybridized carbons (Fsp3) is 0.222. The minimum Gasteiger partial charge on any atom is -0.494 e. The van der Waals surface area contributed by atoms with Crippen molar-refractivity contribution < 1.29 is 27.9 Å². The Balaban J connectivity index is 0.000000172. The zero-order valence-electron chi connectivity index (χ0n) is 21.4. The summed E-state index contributed by atoms with van der Waals surface area (Å²) in [6, 6.07) is 7.26. The number of methoxy groups -OCH3 is 1. The number of hydrogen-bond acceptors (Lipinski definition) is 7. The number of ether oxygens (including phenoxy) is 1. The molecule has 2 N–H and O–H groups in total. The van der Waals surface area contributed by atoms with E-state index in [1.807, 2.05) is 19.9 Å². The van der Waals surface area contributed by atoms with Gasteiger partial charge >= 0.3 is 6.03 Å². The van der Waals surface area contributed by atoms with Gasteiger partial charge in [-0.2, -0.15) is 0 Å². The number of benzene rings is 1. The zero-order chi connectivity index (χ0) is 27.8. The smallest absolute Gasteiger partial charge is 0.322 e. The predicted octanol–water partition coefficient (Wildman–Crippen LogP) is 4.21. The number of nitrogens with one attached hydrogen (secondary N) is 2. The fourth-order valence-corrected chi connectivity index (χ4v) is 3.64. The van der Waals surface area contributed by atoms with E-state index in [4.69, 9.17) is 9.15 Å². The number of pyridine rings is 1. The molecule has 1 saturated heterocycles. The predicted molar refractivity (Wildman–Crippen MR) is 140 cm³/mol. The Morgan fingerprint density at radius 2 is 2.03 bits per heavy atom. The van der Waals surface area contributed by atoms with Gasteiger partial charge in [0.1, 0.15) is 11.3 Å². The van der Waals surface area contributed by atoms with E-state index in [9.17, 15) is 18.8 Å². The molecule has 1 aromatic carbocycles. The number of furan rings is 1. The standard InChI is InChI=1S/C11H9N3O3.C10H10FNO2.C6H9N/c1-5-2-3-7-6(12-5)4-8(17-7)9-10(15)14-11(16)13-9;1-12-5-6-3-4-7(14-2)9(11)8(6)10(12)13;1-3-5-6-7-4-2/h2-4,9H,1H3,(H2,13,14,15,16);3-4H,5H2,1-2H3;3-6H,1H2,2H3/b;;6-5-,7-4?. The molecule has 0 aliphatic carbocycles. The normalized spacial score (nSPS) is 16.1. The lowest BCUT2D eigenvalue weighted by molar-refractivity contribution is -0.120. The van der Waals surface area contributed by atoms with Gasteiger partial charge in [-0.3, -0.25) is 19.9 Å². The number of urea groups is 1. The van der Waals surface area contributed by atoms with E-state index in [1.54, 1.807) is 55.9 Å². The molecule has 0 saturated carbocycles. The second-order valence-corrected chi connectivity index (χ2v) is 8.14.